The summed E-state index contributed by atoms with van der Waals surface area (Å²) in [5.74, 6) is 0.326. The van der Waals surface area contributed by atoms with Crippen LogP contribution in [-0.4, -0.2) is 45.6 Å². The van der Waals surface area contributed by atoms with Crippen molar-refractivity contribution in [1.82, 2.24) is 19.3 Å². The topological polar surface area (TPSA) is 160 Å². The average Bonchev–Trinajstić information content (AvgIpc) is 3.46. The third-order valence-corrected chi connectivity index (χ3v) is 7.92. The Bertz CT molecular complexity index is 1560. The Morgan fingerprint density at radius 1 is 1.12 bits per heavy atom. The lowest BCUT2D eigenvalue weighted by Crippen LogP contribution is -3.01. The van der Waals surface area contributed by atoms with Gasteiger partial charge in [-0.05, 0) is 63.1 Å². The van der Waals surface area contributed by atoms with Crippen molar-refractivity contribution in [2.24, 2.45) is 12.8 Å². The molecule has 0 aliphatic rings. The number of phosphoric ester groups is 1. The molecule has 2 aromatic carbocycles. The van der Waals surface area contributed by atoms with Crippen LogP contribution in [0.25, 0.3) is 11.0 Å². The normalized spacial score (nSPS) is 12.5. The first-order valence-corrected chi connectivity index (χ1v) is 14.6. The zero-order chi connectivity index (χ0) is 29.7. The number of hydrogen-bond donors (Lipinski definition) is 2. The smallest absolute Gasteiger partial charge is 0.530 e. The number of hydroxylamine groups is 1. The molecule has 0 fully saturated rings. The van der Waals surface area contributed by atoms with Crippen LogP contribution in [0.4, 0.5) is 5.95 Å². The summed E-state index contributed by atoms with van der Waals surface area (Å²) in [6, 6.07) is 12.0. The second-order valence-electron chi connectivity index (χ2n) is 9.27. The fourth-order valence-corrected chi connectivity index (χ4v) is 5.72. The highest BCUT2D eigenvalue weighted by atomic mass is 31.2. The molecule has 41 heavy (non-hydrogen) atoms. The molecule has 0 spiro atoms. The molecule has 0 aliphatic heterocycles. The molecule has 0 aliphatic carbocycles. The zero-order valence-corrected chi connectivity index (χ0v) is 24.6. The van der Waals surface area contributed by atoms with Gasteiger partial charge in [0, 0.05) is 19.2 Å². The lowest BCUT2D eigenvalue weighted by Gasteiger charge is -2.22. The third kappa shape index (κ3) is 6.95. The number of benzene rings is 2. The molecule has 1 amide bonds. The Balaban J connectivity index is 1.65. The number of nitrogens with one attached hydrogen (secondary N) is 1. The second kappa shape index (κ2) is 12.8. The predicted octanol–water partition coefficient (Wildman–Crippen LogP) is 3.20. The van der Waals surface area contributed by atoms with E-state index in [0.29, 0.717) is 35.5 Å². The quantitative estimate of drug-likeness (QED) is 0.167. The van der Waals surface area contributed by atoms with E-state index in [2.05, 4.69) is 10.1 Å². The molecule has 0 radical (unpaired) electrons. The first-order valence-electron chi connectivity index (χ1n) is 13.2. The van der Waals surface area contributed by atoms with E-state index in [1.54, 1.807) is 54.4 Å². The van der Waals surface area contributed by atoms with Gasteiger partial charge in [-0.1, -0.05) is 12.1 Å². The second-order valence-corrected chi connectivity index (χ2v) is 10.9. The molecule has 1 atom stereocenters. The van der Waals surface area contributed by atoms with E-state index in [4.69, 9.17) is 24.0 Å². The molecule has 3 N–H and O–H groups in total. The molecule has 220 valence electrons. The van der Waals surface area contributed by atoms with Gasteiger partial charge in [-0.15, -0.1) is 0 Å². The van der Waals surface area contributed by atoms with Gasteiger partial charge in [0.2, 0.25) is 5.91 Å². The Morgan fingerprint density at radius 2 is 1.80 bits per heavy atom. The zero-order valence-electron chi connectivity index (χ0n) is 23.7. The molecule has 4 aromatic rings. The number of primary amides is 1. The Morgan fingerprint density at radius 3 is 2.37 bits per heavy atom. The monoisotopic (exact) mass is 586 g/mol. The van der Waals surface area contributed by atoms with Gasteiger partial charge in [0.05, 0.1) is 37.2 Å². The van der Waals surface area contributed by atoms with E-state index in [9.17, 15) is 14.6 Å². The molecule has 13 nitrogen and oxygen atoms in total. The van der Waals surface area contributed by atoms with Crippen LogP contribution in [0.3, 0.4) is 0 Å². The number of hydrogen-bond acceptors (Lipinski definition) is 9. The number of nitrogens with two attached hydrogens (primary N) is 1. The van der Waals surface area contributed by atoms with E-state index in [-0.39, 0.29) is 36.3 Å². The van der Waals surface area contributed by atoms with Crippen molar-refractivity contribution >= 4 is 30.7 Å². The number of ether oxygens (including phenoxy) is 1. The standard InChI is InChI=1S/C27H35N6O7P/c1-6-38-41(36,39-7-2)40-22-10-8-19(9-11-22)12-13-32-25-23(15-20(26(28)34)16-24(25)37-5)29-27(32)33(35)17-21-14-18(3)30-31(21)4/h8-11,14-16,33H,6-7,12-13,17H2,1-5H3,(H2,28,34). The van der Waals surface area contributed by atoms with Crippen LogP contribution < -0.4 is 20.1 Å². The number of amides is 1. The molecule has 0 saturated heterocycles. The van der Waals surface area contributed by atoms with Crippen LogP contribution in [0.2, 0.25) is 0 Å². The van der Waals surface area contributed by atoms with Crippen molar-refractivity contribution < 1.29 is 32.7 Å². The number of fused-ring (bicyclic) bond motifs is 1. The molecule has 2 heterocycles. The molecule has 0 saturated carbocycles. The summed E-state index contributed by atoms with van der Waals surface area (Å²) >= 11 is 0. The van der Waals surface area contributed by atoms with Crippen molar-refractivity contribution in [2.75, 3.05) is 20.3 Å². The minimum Gasteiger partial charge on any atom is -0.626 e. The summed E-state index contributed by atoms with van der Waals surface area (Å²) in [6.07, 6.45) is 0.520. The van der Waals surface area contributed by atoms with Gasteiger partial charge >= 0.3 is 13.8 Å². The van der Waals surface area contributed by atoms with Crippen LogP contribution in [0.1, 0.15) is 41.2 Å². The molecule has 14 heteroatoms. The van der Waals surface area contributed by atoms with Crippen LogP contribution in [0, 0.1) is 12.1 Å². The fraction of sp³-hybridized carbons (Fsp3) is 0.370. The average molecular weight is 587 g/mol. The lowest BCUT2D eigenvalue weighted by molar-refractivity contribution is -0.798. The summed E-state index contributed by atoms with van der Waals surface area (Å²) in [6.45, 7) is 6.11. The Labute approximate surface area is 238 Å². The van der Waals surface area contributed by atoms with E-state index >= 15 is 0 Å². The van der Waals surface area contributed by atoms with Crippen LogP contribution in [-0.2, 0) is 40.2 Å². The maximum absolute atomic E-state index is 13.6. The lowest BCUT2D eigenvalue weighted by atomic mass is 10.1. The van der Waals surface area contributed by atoms with Gasteiger partial charge in [-0.25, -0.2) is 4.57 Å². The van der Waals surface area contributed by atoms with Gasteiger partial charge in [0.15, 0.2) is 0 Å². The van der Waals surface area contributed by atoms with Crippen molar-refractivity contribution in [1.29, 1.82) is 0 Å². The number of carbonyl (C=O) groups excluding carboxylic acids is 1. The van der Waals surface area contributed by atoms with Gasteiger partial charge in [0.25, 0.3) is 0 Å². The highest BCUT2D eigenvalue weighted by Gasteiger charge is 2.27. The predicted molar refractivity (Wildman–Crippen MR) is 152 cm³/mol. The fourth-order valence-electron chi connectivity index (χ4n) is 4.52. The number of methoxy groups -OCH3 is 1. The van der Waals surface area contributed by atoms with E-state index in [1.165, 1.54) is 7.11 Å². The number of nitrogens with zero attached hydrogens (tertiary/aromatic N) is 4. The van der Waals surface area contributed by atoms with Gasteiger partial charge in [-0.2, -0.15) is 10.1 Å². The third-order valence-electron chi connectivity index (χ3n) is 6.34. The van der Waals surface area contributed by atoms with Gasteiger partial charge in [0.1, 0.15) is 23.6 Å². The minimum atomic E-state index is -3.71. The van der Waals surface area contributed by atoms with E-state index < -0.39 is 13.7 Å². The molecular weight excluding hydrogens is 551 g/mol. The largest absolute Gasteiger partial charge is 0.626 e. The minimum absolute atomic E-state index is 0.0947. The number of carbonyl (C=O) groups is 1. The number of aromatic nitrogens is 4. The highest BCUT2D eigenvalue weighted by Crippen LogP contribution is 2.49. The van der Waals surface area contributed by atoms with Gasteiger partial charge in [-0.3, -0.25) is 23.1 Å². The summed E-state index contributed by atoms with van der Waals surface area (Å²) in [4.78, 5) is 16.5. The summed E-state index contributed by atoms with van der Waals surface area (Å²) in [7, 11) is -0.438. The van der Waals surface area contributed by atoms with Crippen LogP contribution in [0.5, 0.6) is 11.5 Å². The van der Waals surface area contributed by atoms with Crippen molar-refractivity contribution in [2.45, 2.75) is 40.3 Å². The number of quaternary nitrogens is 1. The number of aryl methyl sites for hydroxylation is 4. The first kappa shape index (κ1) is 30.2. The SMILES string of the molecule is CCOP(=O)(OCC)Oc1ccc(CCn2c([NH+]([O-])Cc3cc(C)nn3C)nc3cc(C(N)=O)cc(OC)c32)cc1. The maximum atomic E-state index is 13.6. The molecule has 4 rings (SSSR count). The summed E-state index contributed by atoms with van der Waals surface area (Å²) < 4.78 is 37.7. The van der Waals surface area contributed by atoms with E-state index in [0.717, 1.165) is 17.0 Å². The van der Waals surface area contributed by atoms with E-state index in [1.807, 2.05) is 25.1 Å². The molecule has 1 unspecified atom stereocenters. The number of phosphoric acid groups is 1. The molecular formula is C27H35N6O7P. The number of imidazole rings is 1. The van der Waals surface area contributed by atoms with Crippen molar-refractivity contribution in [3.05, 3.63) is 70.2 Å². The summed E-state index contributed by atoms with van der Waals surface area (Å²) in [5.41, 5.74) is 9.24. The molecule has 0 bridgehead atoms. The van der Waals surface area contributed by atoms with Crippen molar-refractivity contribution in [3.8, 4) is 11.5 Å². The summed E-state index contributed by atoms with van der Waals surface area (Å²) in [5, 5.41) is 17.7. The highest BCUT2D eigenvalue weighted by molar-refractivity contribution is 7.48. The first-order chi connectivity index (χ1) is 19.6. The van der Waals surface area contributed by atoms with Gasteiger partial charge < -0.3 is 25.3 Å². The Kier molecular flexibility index (Phi) is 9.46. The van der Waals surface area contributed by atoms with Crippen LogP contribution >= 0.6 is 7.82 Å². The number of rotatable bonds is 14. The van der Waals surface area contributed by atoms with Crippen LogP contribution in [0.15, 0.2) is 42.5 Å². The maximum Gasteiger partial charge on any atom is 0.530 e. The van der Waals surface area contributed by atoms with Crippen molar-refractivity contribution in [3.63, 3.8) is 0 Å². The Hall–Kier alpha value is -3.74. The molecule has 2 aromatic heterocycles.